The van der Waals surface area contributed by atoms with Crippen molar-refractivity contribution < 1.29 is 9.53 Å². The number of ether oxygens (including phenoxy) is 1. The minimum Gasteiger partial charge on any atom is -0.465 e. The zero-order chi connectivity index (χ0) is 15.1. The molecule has 0 amide bonds. The Morgan fingerprint density at radius 1 is 1.05 bits per heavy atom. The maximum atomic E-state index is 11.6. The summed E-state index contributed by atoms with van der Waals surface area (Å²) in [5, 5.41) is 0. The van der Waals surface area contributed by atoms with Crippen molar-refractivity contribution in [3.63, 3.8) is 0 Å². The lowest BCUT2D eigenvalue weighted by atomic mass is 10.2. The summed E-state index contributed by atoms with van der Waals surface area (Å²) < 4.78 is 4.71. The number of carbonyl (C=O) groups excluding carboxylic acids is 1. The number of aliphatic imine (C=N–C) groups is 2. The first-order valence-electron chi connectivity index (χ1n) is 6.07. The van der Waals surface area contributed by atoms with Crippen molar-refractivity contribution >= 4 is 30.0 Å². The Morgan fingerprint density at radius 3 is 2.10 bits per heavy atom. The van der Waals surface area contributed by atoms with Crippen LogP contribution in [0.15, 0.2) is 28.2 Å². The van der Waals surface area contributed by atoms with Gasteiger partial charge in [0, 0.05) is 28.2 Å². The lowest BCUT2D eigenvalue weighted by Crippen LogP contribution is -2.08. The Hall–Kier alpha value is -2.37. The van der Waals surface area contributed by atoms with E-state index in [9.17, 15) is 4.79 Å². The second-order valence-corrected chi connectivity index (χ2v) is 4.61. The topological polar surface area (TPSA) is 57.5 Å². The standard InChI is InChI=1S/C14H20N4O2/c1-17(2)9-15-12-7-6-11(14(19)20-5)8-13(12)16-10-18(3)4/h6-10H,1-5H3. The fraction of sp³-hybridized carbons (Fsp3) is 0.357. The average molecular weight is 276 g/mol. The van der Waals surface area contributed by atoms with Gasteiger partial charge in [0.25, 0.3) is 0 Å². The van der Waals surface area contributed by atoms with Gasteiger partial charge in [-0.25, -0.2) is 14.8 Å². The van der Waals surface area contributed by atoms with Crippen molar-refractivity contribution in [1.29, 1.82) is 0 Å². The van der Waals surface area contributed by atoms with Gasteiger partial charge in [-0.3, -0.25) is 0 Å². The van der Waals surface area contributed by atoms with Crippen molar-refractivity contribution in [2.24, 2.45) is 9.98 Å². The highest BCUT2D eigenvalue weighted by atomic mass is 16.5. The number of hydrogen-bond donors (Lipinski definition) is 0. The van der Waals surface area contributed by atoms with Crippen LogP contribution in [0.1, 0.15) is 10.4 Å². The van der Waals surface area contributed by atoms with Crippen molar-refractivity contribution in [2.45, 2.75) is 0 Å². The van der Waals surface area contributed by atoms with Crippen LogP contribution in [0.4, 0.5) is 11.4 Å². The van der Waals surface area contributed by atoms with E-state index in [0.717, 1.165) is 0 Å². The van der Waals surface area contributed by atoms with E-state index < -0.39 is 5.97 Å². The highest BCUT2D eigenvalue weighted by Gasteiger charge is 2.08. The van der Waals surface area contributed by atoms with E-state index in [4.69, 9.17) is 4.74 Å². The highest BCUT2D eigenvalue weighted by Crippen LogP contribution is 2.29. The van der Waals surface area contributed by atoms with E-state index in [-0.39, 0.29) is 0 Å². The lowest BCUT2D eigenvalue weighted by Gasteiger charge is -2.07. The number of rotatable bonds is 5. The number of methoxy groups -OCH3 is 1. The summed E-state index contributed by atoms with van der Waals surface area (Å²) in [4.78, 5) is 23.8. The molecule has 0 aliphatic heterocycles. The Bertz CT molecular complexity index is 522. The third-order valence-electron chi connectivity index (χ3n) is 2.25. The number of hydrogen-bond acceptors (Lipinski definition) is 4. The first-order valence-corrected chi connectivity index (χ1v) is 6.07. The molecule has 108 valence electrons. The number of carbonyl (C=O) groups is 1. The third kappa shape index (κ3) is 4.72. The van der Waals surface area contributed by atoms with Crippen molar-refractivity contribution in [1.82, 2.24) is 9.80 Å². The Labute approximate surface area is 119 Å². The van der Waals surface area contributed by atoms with Crippen molar-refractivity contribution in [2.75, 3.05) is 35.3 Å². The van der Waals surface area contributed by atoms with Crippen LogP contribution in [0.25, 0.3) is 0 Å². The molecule has 0 unspecified atom stereocenters. The maximum absolute atomic E-state index is 11.6. The molecule has 0 aliphatic rings. The molecule has 20 heavy (non-hydrogen) atoms. The van der Waals surface area contributed by atoms with Gasteiger partial charge in [0.2, 0.25) is 0 Å². The molecule has 0 heterocycles. The molecule has 0 saturated heterocycles. The van der Waals surface area contributed by atoms with Crippen LogP contribution in [0.3, 0.4) is 0 Å². The van der Waals surface area contributed by atoms with Gasteiger partial charge in [0.1, 0.15) is 0 Å². The van der Waals surface area contributed by atoms with E-state index >= 15 is 0 Å². The minimum absolute atomic E-state index is 0.394. The minimum atomic E-state index is -0.394. The van der Waals surface area contributed by atoms with Crippen LogP contribution in [0.2, 0.25) is 0 Å². The predicted molar refractivity (Wildman–Crippen MR) is 81.5 cm³/mol. The molecule has 1 aromatic rings. The van der Waals surface area contributed by atoms with Crippen LogP contribution in [0, 0.1) is 0 Å². The molecule has 0 spiro atoms. The van der Waals surface area contributed by atoms with Crippen LogP contribution < -0.4 is 0 Å². The van der Waals surface area contributed by atoms with Crippen LogP contribution in [-0.2, 0) is 4.74 Å². The maximum Gasteiger partial charge on any atom is 0.337 e. The molecule has 0 fully saturated rings. The van der Waals surface area contributed by atoms with Crippen molar-refractivity contribution in [3.8, 4) is 0 Å². The molecule has 0 saturated carbocycles. The molecular formula is C14H20N4O2. The lowest BCUT2D eigenvalue weighted by molar-refractivity contribution is 0.0601. The third-order valence-corrected chi connectivity index (χ3v) is 2.25. The Kier molecular flexibility index (Phi) is 5.71. The van der Waals surface area contributed by atoms with Gasteiger partial charge < -0.3 is 14.5 Å². The SMILES string of the molecule is COC(=O)c1ccc(N=CN(C)C)c(N=CN(C)C)c1. The van der Waals surface area contributed by atoms with Crippen LogP contribution in [-0.4, -0.2) is 63.7 Å². The average Bonchev–Trinajstić information content (AvgIpc) is 2.42. The summed E-state index contributed by atoms with van der Waals surface area (Å²) in [6, 6.07) is 5.08. The largest absolute Gasteiger partial charge is 0.465 e. The van der Waals surface area contributed by atoms with Crippen LogP contribution in [0.5, 0.6) is 0 Å². The highest BCUT2D eigenvalue weighted by molar-refractivity contribution is 5.92. The van der Waals surface area contributed by atoms with Gasteiger partial charge in [0.05, 0.1) is 36.7 Å². The fourth-order valence-electron chi connectivity index (χ4n) is 1.34. The van der Waals surface area contributed by atoms with E-state index in [1.54, 1.807) is 30.9 Å². The fourth-order valence-corrected chi connectivity index (χ4v) is 1.34. The number of nitrogens with zero attached hydrogens (tertiary/aromatic N) is 4. The summed E-state index contributed by atoms with van der Waals surface area (Å²) in [6.45, 7) is 0. The van der Waals surface area contributed by atoms with Gasteiger partial charge in [-0.2, -0.15) is 0 Å². The molecular weight excluding hydrogens is 256 g/mol. The van der Waals surface area contributed by atoms with Crippen LogP contribution >= 0.6 is 0 Å². The zero-order valence-corrected chi connectivity index (χ0v) is 12.5. The molecule has 1 aromatic carbocycles. The first kappa shape index (κ1) is 15.7. The second-order valence-electron chi connectivity index (χ2n) is 4.61. The van der Waals surface area contributed by atoms with Gasteiger partial charge in [-0.1, -0.05) is 0 Å². The van der Waals surface area contributed by atoms with Crippen molar-refractivity contribution in [3.05, 3.63) is 23.8 Å². The normalized spacial score (nSPS) is 11.1. The molecule has 0 N–H and O–H groups in total. The van der Waals surface area contributed by atoms with Gasteiger partial charge in [-0.15, -0.1) is 0 Å². The molecule has 0 radical (unpaired) electrons. The number of esters is 1. The van der Waals surface area contributed by atoms with E-state index in [2.05, 4.69) is 9.98 Å². The summed E-state index contributed by atoms with van der Waals surface area (Å²) >= 11 is 0. The van der Waals surface area contributed by atoms with E-state index in [1.807, 2.05) is 38.0 Å². The molecule has 0 bridgehead atoms. The second kappa shape index (κ2) is 7.28. The van der Waals surface area contributed by atoms with E-state index in [1.165, 1.54) is 7.11 Å². The molecule has 1 rings (SSSR count). The summed E-state index contributed by atoms with van der Waals surface area (Å²) in [6.07, 6.45) is 3.34. The van der Waals surface area contributed by atoms with Gasteiger partial charge in [-0.05, 0) is 18.2 Å². The quantitative estimate of drug-likeness (QED) is 0.468. The smallest absolute Gasteiger partial charge is 0.337 e. The summed E-state index contributed by atoms with van der Waals surface area (Å²) in [7, 11) is 8.86. The summed E-state index contributed by atoms with van der Waals surface area (Å²) in [5.74, 6) is -0.394. The molecule has 0 aliphatic carbocycles. The van der Waals surface area contributed by atoms with Gasteiger partial charge in [0.15, 0.2) is 0 Å². The Balaban J connectivity index is 3.19. The Morgan fingerprint density at radius 2 is 1.60 bits per heavy atom. The predicted octanol–water partition coefficient (Wildman–Crippen LogP) is 1.92. The molecule has 0 aromatic heterocycles. The van der Waals surface area contributed by atoms with Gasteiger partial charge >= 0.3 is 5.97 Å². The first-order chi connectivity index (χ1) is 9.43. The zero-order valence-electron chi connectivity index (χ0n) is 12.5. The van der Waals surface area contributed by atoms with E-state index in [0.29, 0.717) is 16.9 Å². The molecule has 6 nitrogen and oxygen atoms in total. The monoisotopic (exact) mass is 276 g/mol. The molecule has 0 atom stereocenters. The summed E-state index contributed by atoms with van der Waals surface area (Å²) in [5.41, 5.74) is 1.74. The molecule has 6 heteroatoms. The number of benzene rings is 1.